The molecule has 106 valence electrons. The molecule has 0 aliphatic carbocycles. The predicted octanol–water partition coefficient (Wildman–Crippen LogP) is 2.68. The van der Waals surface area contributed by atoms with E-state index in [9.17, 15) is 18.3 Å². The Bertz CT molecular complexity index is 420. The van der Waals surface area contributed by atoms with Gasteiger partial charge in [0.15, 0.2) is 0 Å². The van der Waals surface area contributed by atoms with Crippen LogP contribution < -0.4 is 0 Å². The Morgan fingerprint density at radius 2 is 1.95 bits per heavy atom. The van der Waals surface area contributed by atoms with Crippen LogP contribution in [-0.4, -0.2) is 35.9 Å². The minimum atomic E-state index is -4.29. The molecule has 1 aromatic carbocycles. The van der Waals surface area contributed by atoms with E-state index in [1.807, 2.05) is 30.3 Å². The average Bonchev–Trinajstić information content (AvgIpc) is 2.67. The van der Waals surface area contributed by atoms with Crippen LogP contribution in [0.25, 0.3) is 0 Å². The van der Waals surface area contributed by atoms with Crippen molar-refractivity contribution in [1.29, 1.82) is 0 Å². The second-order valence-electron chi connectivity index (χ2n) is 5.45. The molecule has 0 radical (unpaired) electrons. The Morgan fingerprint density at radius 1 is 1.32 bits per heavy atom. The summed E-state index contributed by atoms with van der Waals surface area (Å²) in [6, 6.07) is 9.42. The van der Waals surface area contributed by atoms with Crippen molar-refractivity contribution in [3.8, 4) is 0 Å². The zero-order chi connectivity index (χ0) is 14.1. The lowest BCUT2D eigenvalue weighted by Crippen LogP contribution is -2.43. The zero-order valence-corrected chi connectivity index (χ0v) is 10.8. The standard InChI is InChI=1S/C14H18F3NO/c1-13(14(15,16)17)10-18(8-12(13)9-19)7-11-5-3-2-4-6-11/h2-6,12,19H,7-10H2,1H3/t12-,13+/m1/s1. The van der Waals surface area contributed by atoms with Gasteiger partial charge in [-0.05, 0) is 12.5 Å². The van der Waals surface area contributed by atoms with Gasteiger partial charge in [-0.1, -0.05) is 30.3 Å². The Kier molecular flexibility index (Phi) is 3.87. The van der Waals surface area contributed by atoms with Crippen molar-refractivity contribution in [3.05, 3.63) is 35.9 Å². The molecule has 2 nitrogen and oxygen atoms in total. The van der Waals surface area contributed by atoms with Gasteiger partial charge in [-0.3, -0.25) is 4.90 Å². The van der Waals surface area contributed by atoms with E-state index in [-0.39, 0.29) is 13.1 Å². The maximum Gasteiger partial charge on any atom is 0.395 e. The molecule has 1 fully saturated rings. The molecule has 19 heavy (non-hydrogen) atoms. The highest BCUT2D eigenvalue weighted by molar-refractivity contribution is 5.15. The highest BCUT2D eigenvalue weighted by Gasteiger charge is 2.59. The van der Waals surface area contributed by atoms with E-state index in [1.165, 1.54) is 6.92 Å². The maximum absolute atomic E-state index is 13.2. The lowest BCUT2D eigenvalue weighted by atomic mass is 9.80. The van der Waals surface area contributed by atoms with E-state index in [0.29, 0.717) is 6.54 Å². The van der Waals surface area contributed by atoms with Crippen LogP contribution in [0.3, 0.4) is 0 Å². The molecule has 0 aromatic heterocycles. The number of alkyl halides is 3. The van der Waals surface area contributed by atoms with Gasteiger partial charge < -0.3 is 5.11 Å². The lowest BCUT2D eigenvalue weighted by molar-refractivity contribution is -0.228. The molecular formula is C14H18F3NO. The molecular weight excluding hydrogens is 255 g/mol. The minimum absolute atomic E-state index is 0.0589. The first-order valence-corrected chi connectivity index (χ1v) is 6.30. The normalized spacial score (nSPS) is 28.8. The van der Waals surface area contributed by atoms with Crippen molar-refractivity contribution in [1.82, 2.24) is 4.90 Å². The van der Waals surface area contributed by atoms with Gasteiger partial charge in [0.2, 0.25) is 0 Å². The van der Waals surface area contributed by atoms with Gasteiger partial charge in [-0.15, -0.1) is 0 Å². The molecule has 0 saturated carbocycles. The molecule has 1 N–H and O–H groups in total. The van der Waals surface area contributed by atoms with Crippen molar-refractivity contribution < 1.29 is 18.3 Å². The van der Waals surface area contributed by atoms with Gasteiger partial charge in [0.1, 0.15) is 0 Å². The van der Waals surface area contributed by atoms with Gasteiger partial charge in [-0.2, -0.15) is 13.2 Å². The molecule has 0 bridgehead atoms. The SMILES string of the molecule is C[C@]1(C(F)(F)F)CN(Cc2ccccc2)C[C@@H]1CO. The van der Waals surface area contributed by atoms with Gasteiger partial charge in [0, 0.05) is 32.2 Å². The quantitative estimate of drug-likeness (QED) is 0.915. The van der Waals surface area contributed by atoms with E-state index in [0.717, 1.165) is 5.56 Å². The fraction of sp³-hybridized carbons (Fsp3) is 0.571. The minimum Gasteiger partial charge on any atom is -0.396 e. The molecule has 5 heteroatoms. The number of halogens is 3. The summed E-state index contributed by atoms with van der Waals surface area (Å²) >= 11 is 0. The molecule has 2 atom stereocenters. The molecule has 0 unspecified atom stereocenters. The first-order chi connectivity index (χ1) is 8.87. The van der Waals surface area contributed by atoms with Gasteiger partial charge in [-0.25, -0.2) is 0 Å². The van der Waals surface area contributed by atoms with Gasteiger partial charge >= 0.3 is 6.18 Å². The third-order valence-electron chi connectivity index (χ3n) is 4.05. The van der Waals surface area contributed by atoms with Crippen LogP contribution >= 0.6 is 0 Å². The van der Waals surface area contributed by atoms with Crippen LogP contribution in [0.5, 0.6) is 0 Å². The van der Waals surface area contributed by atoms with Crippen molar-refractivity contribution in [2.24, 2.45) is 11.3 Å². The topological polar surface area (TPSA) is 23.5 Å². The monoisotopic (exact) mass is 273 g/mol. The third-order valence-corrected chi connectivity index (χ3v) is 4.05. The largest absolute Gasteiger partial charge is 0.396 e. The number of aliphatic hydroxyl groups excluding tert-OH is 1. The van der Waals surface area contributed by atoms with Crippen LogP contribution in [-0.2, 0) is 6.54 Å². The molecule has 0 amide bonds. The van der Waals surface area contributed by atoms with E-state index >= 15 is 0 Å². The number of rotatable bonds is 3. The molecule has 0 spiro atoms. The Hall–Kier alpha value is -1.07. The summed E-state index contributed by atoms with van der Waals surface area (Å²) in [5, 5.41) is 9.22. The number of nitrogens with zero attached hydrogens (tertiary/aromatic N) is 1. The maximum atomic E-state index is 13.2. The summed E-state index contributed by atoms with van der Waals surface area (Å²) in [6.07, 6.45) is -4.29. The van der Waals surface area contributed by atoms with E-state index < -0.39 is 24.1 Å². The van der Waals surface area contributed by atoms with Crippen LogP contribution in [0.4, 0.5) is 13.2 Å². The molecule has 1 aliphatic heterocycles. The van der Waals surface area contributed by atoms with Crippen LogP contribution in [0.1, 0.15) is 12.5 Å². The van der Waals surface area contributed by atoms with Crippen molar-refractivity contribution >= 4 is 0 Å². The summed E-state index contributed by atoms with van der Waals surface area (Å²) in [5.74, 6) is -0.754. The summed E-state index contributed by atoms with van der Waals surface area (Å²) in [5.41, 5.74) is -0.832. The molecule has 1 aliphatic rings. The second-order valence-corrected chi connectivity index (χ2v) is 5.45. The first kappa shape index (κ1) is 14.3. The van der Waals surface area contributed by atoms with Gasteiger partial charge in [0.05, 0.1) is 5.41 Å². The Labute approximate surface area is 110 Å². The smallest absolute Gasteiger partial charge is 0.395 e. The van der Waals surface area contributed by atoms with Crippen LogP contribution in [0, 0.1) is 11.3 Å². The number of aliphatic hydroxyl groups is 1. The van der Waals surface area contributed by atoms with E-state index in [1.54, 1.807) is 4.90 Å². The molecule has 1 saturated heterocycles. The highest BCUT2D eigenvalue weighted by Crippen LogP contribution is 2.48. The zero-order valence-electron chi connectivity index (χ0n) is 10.8. The number of benzene rings is 1. The van der Waals surface area contributed by atoms with Crippen LogP contribution in [0.2, 0.25) is 0 Å². The van der Waals surface area contributed by atoms with E-state index in [2.05, 4.69) is 0 Å². The van der Waals surface area contributed by atoms with Crippen LogP contribution in [0.15, 0.2) is 30.3 Å². The van der Waals surface area contributed by atoms with Crippen molar-refractivity contribution in [2.45, 2.75) is 19.6 Å². The Morgan fingerprint density at radius 3 is 2.42 bits per heavy atom. The highest BCUT2D eigenvalue weighted by atomic mass is 19.4. The first-order valence-electron chi connectivity index (χ1n) is 6.30. The fourth-order valence-corrected chi connectivity index (χ4v) is 2.71. The summed E-state index contributed by atoms with van der Waals surface area (Å²) in [7, 11) is 0. The van der Waals surface area contributed by atoms with Crippen molar-refractivity contribution in [3.63, 3.8) is 0 Å². The predicted molar refractivity (Wildman–Crippen MR) is 66.5 cm³/mol. The molecule has 2 rings (SSSR count). The number of hydrogen-bond donors (Lipinski definition) is 1. The second kappa shape index (κ2) is 5.13. The summed E-state index contributed by atoms with van der Waals surface area (Å²) in [4.78, 5) is 1.77. The summed E-state index contributed by atoms with van der Waals surface area (Å²) < 4.78 is 39.5. The van der Waals surface area contributed by atoms with Crippen molar-refractivity contribution in [2.75, 3.05) is 19.7 Å². The third kappa shape index (κ3) is 2.77. The lowest BCUT2D eigenvalue weighted by Gasteiger charge is -2.32. The van der Waals surface area contributed by atoms with Gasteiger partial charge in [0.25, 0.3) is 0 Å². The van der Waals surface area contributed by atoms with E-state index in [4.69, 9.17) is 0 Å². The summed E-state index contributed by atoms with van der Waals surface area (Å²) in [6.45, 7) is 1.49. The number of likely N-dealkylation sites (tertiary alicyclic amines) is 1. The molecule has 1 aromatic rings. The fourth-order valence-electron chi connectivity index (χ4n) is 2.71. The Balaban J connectivity index is 2.11. The number of hydrogen-bond acceptors (Lipinski definition) is 2. The average molecular weight is 273 g/mol. The molecule has 1 heterocycles.